The predicted molar refractivity (Wildman–Crippen MR) is 107 cm³/mol. The van der Waals surface area contributed by atoms with E-state index in [9.17, 15) is 9.59 Å². The van der Waals surface area contributed by atoms with Gasteiger partial charge in [-0.05, 0) is 49.8 Å². The van der Waals surface area contributed by atoms with Crippen LogP contribution in [0.4, 0.5) is 0 Å². The van der Waals surface area contributed by atoms with Crippen molar-refractivity contribution >= 4 is 11.8 Å². The molecule has 0 unspecified atom stereocenters. The summed E-state index contributed by atoms with van der Waals surface area (Å²) in [5.41, 5.74) is 2.67. The highest BCUT2D eigenvalue weighted by Gasteiger charge is 2.39. The van der Waals surface area contributed by atoms with Crippen molar-refractivity contribution < 1.29 is 9.59 Å². The molecule has 27 heavy (non-hydrogen) atoms. The summed E-state index contributed by atoms with van der Waals surface area (Å²) in [6.45, 7) is 5.28. The van der Waals surface area contributed by atoms with Gasteiger partial charge in [-0.15, -0.1) is 0 Å². The van der Waals surface area contributed by atoms with E-state index in [0.29, 0.717) is 19.6 Å². The van der Waals surface area contributed by atoms with Gasteiger partial charge in [-0.3, -0.25) is 9.59 Å². The largest absolute Gasteiger partial charge is 0.355 e. The van der Waals surface area contributed by atoms with Gasteiger partial charge in [0.2, 0.25) is 11.8 Å². The summed E-state index contributed by atoms with van der Waals surface area (Å²) >= 11 is 0. The number of nitrogens with one attached hydrogen (secondary N) is 1. The predicted octanol–water partition coefficient (Wildman–Crippen LogP) is 3.35. The fourth-order valence-electron chi connectivity index (χ4n) is 3.52. The minimum absolute atomic E-state index is 0.0995. The maximum Gasteiger partial charge on any atom is 0.238 e. The van der Waals surface area contributed by atoms with Crippen LogP contribution in [-0.4, -0.2) is 29.8 Å². The maximum absolute atomic E-state index is 13.0. The molecule has 0 saturated carbocycles. The molecule has 4 nitrogen and oxygen atoms in total. The fraction of sp³-hybridized carbons (Fsp3) is 0.391. The lowest BCUT2D eigenvalue weighted by atomic mass is 9.88. The zero-order valence-corrected chi connectivity index (χ0v) is 16.2. The summed E-state index contributed by atoms with van der Waals surface area (Å²) in [5, 5.41) is 2.95. The molecule has 2 aromatic carbocycles. The van der Waals surface area contributed by atoms with Crippen molar-refractivity contribution in [2.75, 3.05) is 13.1 Å². The fourth-order valence-corrected chi connectivity index (χ4v) is 3.52. The average Bonchev–Trinajstić information content (AvgIpc) is 2.70. The smallest absolute Gasteiger partial charge is 0.238 e. The van der Waals surface area contributed by atoms with Crippen LogP contribution in [0, 0.1) is 5.41 Å². The number of aryl methyl sites for hydroxylation is 1. The Labute approximate surface area is 161 Å². The van der Waals surface area contributed by atoms with Crippen molar-refractivity contribution in [2.24, 2.45) is 5.41 Å². The first-order valence-corrected chi connectivity index (χ1v) is 9.67. The lowest BCUT2D eigenvalue weighted by Gasteiger charge is -2.34. The molecule has 0 aliphatic carbocycles. The van der Waals surface area contributed by atoms with Gasteiger partial charge in [0.25, 0.3) is 0 Å². The quantitative estimate of drug-likeness (QED) is 0.631. The molecule has 1 N–H and O–H groups in total. The number of fused-ring (bicyclic) bond motifs is 1. The monoisotopic (exact) mass is 364 g/mol. The molecular weight excluding hydrogens is 336 g/mol. The zero-order chi connectivity index (χ0) is 19.3. The second kappa shape index (κ2) is 8.38. The van der Waals surface area contributed by atoms with Crippen LogP contribution in [0.25, 0.3) is 0 Å². The Morgan fingerprint density at radius 2 is 1.67 bits per heavy atom. The number of rotatable bonds is 6. The Kier molecular flexibility index (Phi) is 5.94. The summed E-state index contributed by atoms with van der Waals surface area (Å²) in [6, 6.07) is 18.4. The second-order valence-corrected chi connectivity index (χ2v) is 7.72. The summed E-state index contributed by atoms with van der Waals surface area (Å²) in [7, 11) is 0. The van der Waals surface area contributed by atoms with Crippen molar-refractivity contribution in [1.82, 2.24) is 10.2 Å². The van der Waals surface area contributed by atoms with Gasteiger partial charge < -0.3 is 10.2 Å². The van der Waals surface area contributed by atoms with Crippen LogP contribution in [0.5, 0.6) is 0 Å². The van der Waals surface area contributed by atoms with Gasteiger partial charge in [-0.2, -0.15) is 0 Å². The highest BCUT2D eigenvalue weighted by atomic mass is 16.2. The molecule has 1 aliphatic rings. The molecule has 2 aromatic rings. The van der Waals surface area contributed by atoms with Crippen LogP contribution in [0.3, 0.4) is 0 Å². The van der Waals surface area contributed by atoms with Gasteiger partial charge >= 0.3 is 0 Å². The molecule has 0 spiro atoms. The molecule has 0 bridgehead atoms. The van der Waals surface area contributed by atoms with E-state index in [-0.39, 0.29) is 11.8 Å². The SMILES string of the molecule is CC(C)(C(=O)NCCCc1ccccc1)C(=O)N1CCc2ccccc2C1. The molecule has 0 atom stereocenters. The Hall–Kier alpha value is -2.62. The maximum atomic E-state index is 13.0. The topological polar surface area (TPSA) is 49.4 Å². The molecule has 0 radical (unpaired) electrons. The summed E-state index contributed by atoms with van der Waals surface area (Å²) in [5.74, 6) is -0.294. The van der Waals surface area contributed by atoms with E-state index in [1.165, 1.54) is 16.7 Å². The molecular formula is C23H28N2O2. The number of benzene rings is 2. The Bertz CT molecular complexity index is 799. The third-order valence-electron chi connectivity index (χ3n) is 5.29. The van der Waals surface area contributed by atoms with Gasteiger partial charge in [-0.1, -0.05) is 54.6 Å². The standard InChI is InChI=1S/C23H28N2O2/c1-23(2,21(26)24-15-8-11-18-9-4-3-5-10-18)22(27)25-16-14-19-12-6-7-13-20(19)17-25/h3-7,9-10,12-13H,8,11,14-17H2,1-2H3,(H,24,26). The molecule has 2 amide bonds. The van der Waals surface area contributed by atoms with Crippen molar-refractivity contribution in [1.29, 1.82) is 0 Å². The van der Waals surface area contributed by atoms with E-state index in [0.717, 1.165) is 19.3 Å². The Morgan fingerprint density at radius 3 is 2.41 bits per heavy atom. The van der Waals surface area contributed by atoms with Crippen molar-refractivity contribution in [3.63, 3.8) is 0 Å². The normalized spacial score (nSPS) is 13.8. The van der Waals surface area contributed by atoms with Crippen LogP contribution >= 0.6 is 0 Å². The molecule has 1 aliphatic heterocycles. The summed E-state index contributed by atoms with van der Waals surface area (Å²) < 4.78 is 0. The van der Waals surface area contributed by atoms with E-state index in [4.69, 9.17) is 0 Å². The van der Waals surface area contributed by atoms with E-state index < -0.39 is 5.41 Å². The number of amides is 2. The lowest BCUT2D eigenvalue weighted by Crippen LogP contribution is -2.50. The Balaban J connectivity index is 1.52. The number of hydrogen-bond donors (Lipinski definition) is 1. The first-order valence-electron chi connectivity index (χ1n) is 9.67. The Morgan fingerprint density at radius 1 is 1.00 bits per heavy atom. The second-order valence-electron chi connectivity index (χ2n) is 7.72. The molecule has 0 saturated heterocycles. The zero-order valence-electron chi connectivity index (χ0n) is 16.2. The van der Waals surface area contributed by atoms with Crippen LogP contribution in [-0.2, 0) is 29.0 Å². The van der Waals surface area contributed by atoms with E-state index in [1.807, 2.05) is 35.2 Å². The van der Waals surface area contributed by atoms with Crippen LogP contribution < -0.4 is 5.32 Å². The van der Waals surface area contributed by atoms with Crippen LogP contribution in [0.15, 0.2) is 54.6 Å². The highest BCUT2D eigenvalue weighted by Crippen LogP contribution is 2.25. The number of carbonyl (C=O) groups is 2. The number of nitrogens with zero attached hydrogens (tertiary/aromatic N) is 1. The highest BCUT2D eigenvalue weighted by molar-refractivity contribution is 6.04. The van der Waals surface area contributed by atoms with Gasteiger partial charge in [0.1, 0.15) is 5.41 Å². The van der Waals surface area contributed by atoms with E-state index >= 15 is 0 Å². The summed E-state index contributed by atoms with van der Waals surface area (Å²) in [6.07, 6.45) is 2.62. The molecule has 3 rings (SSSR count). The molecule has 142 valence electrons. The van der Waals surface area contributed by atoms with Gasteiger partial charge in [0.15, 0.2) is 0 Å². The third-order valence-corrected chi connectivity index (χ3v) is 5.29. The first-order chi connectivity index (χ1) is 13.0. The van der Waals surface area contributed by atoms with Crippen molar-refractivity contribution in [2.45, 2.75) is 39.7 Å². The molecule has 1 heterocycles. The lowest BCUT2D eigenvalue weighted by molar-refractivity contribution is -0.149. The average molecular weight is 364 g/mol. The molecule has 4 heteroatoms. The van der Waals surface area contributed by atoms with Gasteiger partial charge in [0, 0.05) is 19.6 Å². The molecule has 0 aromatic heterocycles. The molecule has 0 fully saturated rings. The van der Waals surface area contributed by atoms with Gasteiger partial charge in [-0.25, -0.2) is 0 Å². The van der Waals surface area contributed by atoms with E-state index in [2.05, 4.69) is 29.6 Å². The van der Waals surface area contributed by atoms with Crippen LogP contribution in [0.2, 0.25) is 0 Å². The minimum atomic E-state index is -1.06. The number of carbonyl (C=O) groups excluding carboxylic acids is 2. The minimum Gasteiger partial charge on any atom is -0.355 e. The summed E-state index contributed by atoms with van der Waals surface area (Å²) in [4.78, 5) is 27.4. The van der Waals surface area contributed by atoms with Gasteiger partial charge in [0.05, 0.1) is 0 Å². The third kappa shape index (κ3) is 4.57. The van der Waals surface area contributed by atoms with Crippen molar-refractivity contribution in [3.05, 3.63) is 71.3 Å². The first kappa shape index (κ1) is 19.2. The van der Waals surface area contributed by atoms with Crippen molar-refractivity contribution in [3.8, 4) is 0 Å². The van der Waals surface area contributed by atoms with E-state index in [1.54, 1.807) is 13.8 Å². The number of hydrogen-bond acceptors (Lipinski definition) is 2. The van der Waals surface area contributed by atoms with Crippen LogP contribution in [0.1, 0.15) is 37.0 Å².